The third kappa shape index (κ3) is 48.8. The zero-order chi connectivity index (χ0) is 48.5. The van der Waals surface area contributed by atoms with Gasteiger partial charge in [-0.1, -0.05) is 206 Å². The van der Waals surface area contributed by atoms with E-state index in [0.717, 1.165) is 109 Å². The number of aliphatic hydroxyl groups excluding tert-OH is 1. The van der Waals surface area contributed by atoms with Gasteiger partial charge in [0.2, 0.25) is 5.91 Å². The number of nitrogens with zero attached hydrogens (tertiary/aromatic N) is 1. The van der Waals surface area contributed by atoms with Gasteiger partial charge in [-0.3, -0.25) is 9.36 Å². The summed E-state index contributed by atoms with van der Waals surface area (Å²) >= 11 is 0. The molecule has 3 atom stereocenters. The monoisotopic (exact) mass is 937 g/mol. The van der Waals surface area contributed by atoms with Crippen LogP contribution in [0.2, 0.25) is 0 Å². The van der Waals surface area contributed by atoms with E-state index in [-0.39, 0.29) is 12.5 Å². The van der Waals surface area contributed by atoms with Crippen LogP contribution in [0.4, 0.5) is 0 Å². The van der Waals surface area contributed by atoms with Crippen molar-refractivity contribution < 1.29 is 32.9 Å². The number of unbranched alkanes of at least 4 members (excludes halogenated alkanes) is 14. The molecule has 376 valence electrons. The molecule has 9 heteroatoms. The molecule has 0 aromatic carbocycles. The summed E-state index contributed by atoms with van der Waals surface area (Å²) in [5, 5.41) is 13.7. The minimum absolute atomic E-state index is 0.0101. The van der Waals surface area contributed by atoms with Crippen molar-refractivity contribution in [2.45, 2.75) is 193 Å². The molecule has 0 bridgehead atoms. The van der Waals surface area contributed by atoms with Gasteiger partial charge in [0.05, 0.1) is 39.9 Å². The Morgan fingerprint density at radius 2 is 0.924 bits per heavy atom. The van der Waals surface area contributed by atoms with Crippen molar-refractivity contribution in [1.29, 1.82) is 0 Å². The molecule has 0 aliphatic heterocycles. The fraction of sp³-hybridized carbons (Fsp3) is 0.632. The number of amides is 1. The van der Waals surface area contributed by atoms with E-state index in [9.17, 15) is 19.4 Å². The molecule has 0 saturated carbocycles. The summed E-state index contributed by atoms with van der Waals surface area (Å²) in [4.78, 5) is 25.3. The number of rotatable bonds is 45. The SMILES string of the molecule is CC/C=C\C/C=C\C/C=C\C/C=C\C/C=C\C/C=C\C/C=C\C/C=C\C/C=C\CCCCCCCCCC(=O)NC(COP(=O)([O-])OCC[N+](C)(C)C)C(O)/C=C/CCCCCCCCC. The van der Waals surface area contributed by atoms with Crippen LogP contribution in [0, 0.1) is 0 Å². The Bertz CT molecular complexity index is 1480. The Morgan fingerprint density at radius 3 is 1.35 bits per heavy atom. The first kappa shape index (κ1) is 62.9. The Labute approximate surface area is 405 Å². The first-order chi connectivity index (χ1) is 32.0. The average Bonchev–Trinajstić information content (AvgIpc) is 3.28. The van der Waals surface area contributed by atoms with Crippen molar-refractivity contribution in [3.8, 4) is 0 Å². The topological polar surface area (TPSA) is 108 Å². The van der Waals surface area contributed by atoms with E-state index in [0.29, 0.717) is 17.4 Å². The van der Waals surface area contributed by atoms with Gasteiger partial charge in [-0.2, -0.15) is 0 Å². The van der Waals surface area contributed by atoms with Gasteiger partial charge in [0.15, 0.2) is 0 Å². The van der Waals surface area contributed by atoms with Gasteiger partial charge in [0.1, 0.15) is 13.2 Å². The molecule has 0 rings (SSSR count). The van der Waals surface area contributed by atoms with E-state index in [4.69, 9.17) is 9.05 Å². The molecule has 2 N–H and O–H groups in total. The highest BCUT2D eigenvalue weighted by molar-refractivity contribution is 7.45. The molecule has 0 radical (unpaired) electrons. The number of quaternary nitrogens is 1. The number of likely N-dealkylation sites (N-methyl/N-ethyl adjacent to an activating group) is 1. The normalized spacial score (nSPS) is 15.1. The number of nitrogens with one attached hydrogen (secondary N) is 1. The Hall–Kier alpha value is -3.10. The van der Waals surface area contributed by atoms with Crippen LogP contribution in [0.15, 0.2) is 122 Å². The van der Waals surface area contributed by atoms with Gasteiger partial charge in [-0.25, -0.2) is 0 Å². The van der Waals surface area contributed by atoms with E-state index in [2.05, 4.69) is 129 Å². The lowest BCUT2D eigenvalue weighted by atomic mass is 10.1. The maximum Gasteiger partial charge on any atom is 0.268 e. The van der Waals surface area contributed by atoms with Crippen LogP contribution in [0.5, 0.6) is 0 Å². The summed E-state index contributed by atoms with van der Waals surface area (Å²) in [7, 11) is 1.23. The lowest BCUT2D eigenvalue weighted by Crippen LogP contribution is -2.45. The molecule has 66 heavy (non-hydrogen) atoms. The van der Waals surface area contributed by atoms with Crippen LogP contribution in [-0.4, -0.2) is 68.5 Å². The smallest absolute Gasteiger partial charge is 0.268 e. The van der Waals surface area contributed by atoms with Crippen molar-refractivity contribution in [3.63, 3.8) is 0 Å². The first-order valence-electron chi connectivity index (χ1n) is 25.9. The molecule has 0 fully saturated rings. The fourth-order valence-corrected chi connectivity index (χ4v) is 7.34. The predicted octanol–water partition coefficient (Wildman–Crippen LogP) is 14.8. The zero-order valence-electron chi connectivity index (χ0n) is 42.6. The number of allylic oxidation sites excluding steroid dienone is 19. The third-order valence-electron chi connectivity index (χ3n) is 10.7. The summed E-state index contributed by atoms with van der Waals surface area (Å²) in [6.07, 6.45) is 69.9. The van der Waals surface area contributed by atoms with Gasteiger partial charge in [0.25, 0.3) is 7.82 Å². The largest absolute Gasteiger partial charge is 0.756 e. The molecular formula is C57H97N2O6P. The number of hydrogen-bond donors (Lipinski definition) is 2. The van der Waals surface area contributed by atoms with Crippen LogP contribution in [0.25, 0.3) is 0 Å². The second-order valence-electron chi connectivity index (χ2n) is 18.1. The highest BCUT2D eigenvalue weighted by Crippen LogP contribution is 2.38. The molecule has 0 saturated heterocycles. The molecule has 0 aliphatic rings. The third-order valence-corrected chi connectivity index (χ3v) is 11.6. The number of phosphoric ester groups is 1. The summed E-state index contributed by atoms with van der Waals surface area (Å²) in [6, 6.07) is -0.899. The van der Waals surface area contributed by atoms with Crippen molar-refractivity contribution >= 4 is 13.7 Å². The van der Waals surface area contributed by atoms with E-state index in [1.54, 1.807) is 6.08 Å². The number of hydrogen-bond acceptors (Lipinski definition) is 6. The Balaban J connectivity index is 4.14. The molecule has 0 aromatic heterocycles. The molecule has 1 amide bonds. The van der Waals surface area contributed by atoms with Crippen molar-refractivity contribution in [1.82, 2.24) is 5.32 Å². The maximum absolute atomic E-state index is 12.9. The highest BCUT2D eigenvalue weighted by atomic mass is 31.2. The van der Waals surface area contributed by atoms with Crippen molar-refractivity contribution in [3.05, 3.63) is 122 Å². The molecule has 0 aliphatic carbocycles. The van der Waals surface area contributed by atoms with Gasteiger partial charge in [0, 0.05) is 6.42 Å². The summed E-state index contributed by atoms with van der Waals surface area (Å²) in [5.74, 6) is -0.218. The van der Waals surface area contributed by atoms with E-state index < -0.39 is 26.6 Å². The Morgan fingerprint density at radius 1 is 0.545 bits per heavy atom. The van der Waals surface area contributed by atoms with Crippen molar-refractivity contribution in [2.24, 2.45) is 0 Å². The minimum Gasteiger partial charge on any atom is -0.756 e. The van der Waals surface area contributed by atoms with Crippen LogP contribution < -0.4 is 10.2 Å². The van der Waals surface area contributed by atoms with Crippen LogP contribution in [-0.2, 0) is 18.4 Å². The fourth-order valence-electron chi connectivity index (χ4n) is 6.61. The second kappa shape index (κ2) is 47.0. The lowest BCUT2D eigenvalue weighted by Gasteiger charge is -2.29. The number of aliphatic hydroxyl groups is 1. The van der Waals surface area contributed by atoms with E-state index in [1.807, 2.05) is 27.2 Å². The van der Waals surface area contributed by atoms with Crippen LogP contribution in [0.1, 0.15) is 181 Å². The standard InChI is InChI=1S/C57H97N2O6P/c1-6-8-10-12-14-16-17-18-19-20-21-22-23-24-25-26-27-28-29-30-31-32-33-34-35-36-37-38-39-40-41-43-45-47-49-51-57(61)58-55(54-65-66(62,63)64-53-52-59(3,4)5)56(60)50-48-46-44-42-15-13-11-9-7-2/h8,10,14,16,18-19,21-22,24-25,27-28,30-31,33-34,36-37,48,50,55-56,60H,6-7,9,11-13,15,17,20,23,26,29,32,35,38-47,49,51-54H2,1-5H3,(H-,58,61,62,63)/b10-8-,16-14-,19-18-,22-21-,25-24-,28-27-,31-30-,34-33-,37-36-,50-48+. The van der Waals surface area contributed by atoms with E-state index in [1.165, 1.54) is 51.4 Å². The maximum atomic E-state index is 12.9. The van der Waals surface area contributed by atoms with Gasteiger partial charge < -0.3 is 28.8 Å². The molecule has 0 spiro atoms. The van der Waals surface area contributed by atoms with Gasteiger partial charge in [-0.15, -0.1) is 0 Å². The summed E-state index contributed by atoms with van der Waals surface area (Å²) < 4.78 is 23.2. The second-order valence-corrected chi connectivity index (χ2v) is 19.6. The predicted molar refractivity (Wildman–Crippen MR) is 283 cm³/mol. The molecule has 3 unspecified atom stereocenters. The lowest BCUT2D eigenvalue weighted by molar-refractivity contribution is -0.870. The van der Waals surface area contributed by atoms with Gasteiger partial charge in [-0.05, 0) is 89.9 Å². The number of carbonyl (C=O) groups excluding carboxylic acids is 1. The Kier molecular flexibility index (Phi) is 44.8. The molecule has 8 nitrogen and oxygen atoms in total. The minimum atomic E-state index is -4.60. The molecule has 0 aromatic rings. The summed E-state index contributed by atoms with van der Waals surface area (Å²) in [6.45, 7) is 4.46. The average molecular weight is 937 g/mol. The quantitative estimate of drug-likeness (QED) is 0.0273. The van der Waals surface area contributed by atoms with E-state index >= 15 is 0 Å². The zero-order valence-corrected chi connectivity index (χ0v) is 43.5. The number of phosphoric acid groups is 1. The van der Waals surface area contributed by atoms with Crippen LogP contribution in [0.3, 0.4) is 0 Å². The molecule has 0 heterocycles. The van der Waals surface area contributed by atoms with Crippen molar-refractivity contribution in [2.75, 3.05) is 40.9 Å². The molecular weight excluding hydrogens is 840 g/mol. The summed E-state index contributed by atoms with van der Waals surface area (Å²) in [5.41, 5.74) is 0. The van der Waals surface area contributed by atoms with Crippen LogP contribution >= 0.6 is 7.82 Å². The van der Waals surface area contributed by atoms with Gasteiger partial charge >= 0.3 is 0 Å². The number of carbonyl (C=O) groups is 1. The highest BCUT2D eigenvalue weighted by Gasteiger charge is 2.23. The first-order valence-corrected chi connectivity index (χ1v) is 27.4.